The maximum atomic E-state index is 12.4. The van der Waals surface area contributed by atoms with Crippen LogP contribution in [-0.2, 0) is 11.2 Å². The van der Waals surface area contributed by atoms with Crippen molar-refractivity contribution in [3.8, 4) is 0 Å². The van der Waals surface area contributed by atoms with Gasteiger partial charge in [0.15, 0.2) is 0 Å². The van der Waals surface area contributed by atoms with Crippen molar-refractivity contribution in [3.05, 3.63) is 62.6 Å². The van der Waals surface area contributed by atoms with E-state index in [-0.39, 0.29) is 18.2 Å². The van der Waals surface area contributed by atoms with Gasteiger partial charge < -0.3 is 10.2 Å². The number of carbonyl (C=O) groups excluding carboxylic acids is 2. The first-order valence-electron chi connectivity index (χ1n) is 8.18. The average Bonchev–Trinajstić information content (AvgIpc) is 2.58. The van der Waals surface area contributed by atoms with E-state index in [0.717, 1.165) is 0 Å². The molecule has 0 aliphatic rings. The van der Waals surface area contributed by atoms with Gasteiger partial charge in [0.1, 0.15) is 0 Å². The molecule has 0 aliphatic heterocycles. The number of anilines is 1. The van der Waals surface area contributed by atoms with Gasteiger partial charge in [-0.05, 0) is 49.7 Å². The lowest BCUT2D eigenvalue weighted by Crippen LogP contribution is -2.30. The quantitative estimate of drug-likeness (QED) is 0.697. The first-order chi connectivity index (χ1) is 12.3. The first kappa shape index (κ1) is 20.6. The van der Waals surface area contributed by atoms with E-state index in [1.165, 1.54) is 0 Å². The number of hydrogen-bond donors (Lipinski definition) is 1. The minimum atomic E-state index is -0.242. The number of carbonyl (C=O) groups is 2. The monoisotopic (exact) mass is 412 g/mol. The molecule has 0 aromatic heterocycles. The van der Waals surface area contributed by atoms with Gasteiger partial charge >= 0.3 is 0 Å². The smallest absolute Gasteiger partial charge is 0.255 e. The van der Waals surface area contributed by atoms with E-state index in [9.17, 15) is 9.59 Å². The van der Waals surface area contributed by atoms with Crippen molar-refractivity contribution in [2.75, 3.05) is 18.4 Å². The summed E-state index contributed by atoms with van der Waals surface area (Å²) in [6, 6.07) is 9.83. The van der Waals surface area contributed by atoms with Crippen LogP contribution in [0.25, 0.3) is 0 Å². The van der Waals surface area contributed by atoms with Crippen molar-refractivity contribution in [1.29, 1.82) is 0 Å². The molecule has 138 valence electrons. The fourth-order valence-corrected chi connectivity index (χ4v) is 3.23. The highest BCUT2D eigenvalue weighted by Crippen LogP contribution is 2.24. The second-order valence-electron chi connectivity index (χ2n) is 5.63. The lowest BCUT2D eigenvalue weighted by atomic mass is 10.1. The second-order valence-corrected chi connectivity index (χ2v) is 6.88. The Labute approximate surface area is 168 Å². The van der Waals surface area contributed by atoms with Crippen molar-refractivity contribution in [3.63, 3.8) is 0 Å². The van der Waals surface area contributed by atoms with E-state index in [1.54, 1.807) is 41.3 Å². The molecular weight excluding hydrogens is 395 g/mol. The minimum Gasteiger partial charge on any atom is -0.339 e. The molecule has 0 saturated heterocycles. The molecule has 2 amide bonds. The summed E-state index contributed by atoms with van der Waals surface area (Å²) in [7, 11) is 0. The Bertz CT molecular complexity index is 820. The first-order valence-corrected chi connectivity index (χ1v) is 9.31. The molecule has 4 nitrogen and oxygen atoms in total. The zero-order chi connectivity index (χ0) is 19.3. The van der Waals surface area contributed by atoms with Gasteiger partial charge in [0.2, 0.25) is 5.91 Å². The van der Waals surface area contributed by atoms with Gasteiger partial charge in [0.05, 0.1) is 17.0 Å². The van der Waals surface area contributed by atoms with Gasteiger partial charge in [-0.1, -0.05) is 40.9 Å². The summed E-state index contributed by atoms with van der Waals surface area (Å²) in [5.74, 6) is -0.376. The Hall–Kier alpha value is -1.75. The molecule has 0 fully saturated rings. The molecule has 26 heavy (non-hydrogen) atoms. The molecule has 0 bridgehead atoms. The SMILES string of the molecule is CCN(CC)C(=O)c1ccc(NC(=O)Cc2ccc(Cl)cc2Cl)cc1Cl. The zero-order valence-corrected chi connectivity index (χ0v) is 16.8. The number of benzene rings is 2. The van der Waals surface area contributed by atoms with Gasteiger partial charge in [-0.3, -0.25) is 9.59 Å². The molecule has 7 heteroatoms. The maximum Gasteiger partial charge on any atom is 0.255 e. The van der Waals surface area contributed by atoms with E-state index in [0.29, 0.717) is 45.0 Å². The van der Waals surface area contributed by atoms with Crippen molar-refractivity contribution in [2.24, 2.45) is 0 Å². The molecule has 2 aromatic rings. The van der Waals surface area contributed by atoms with E-state index < -0.39 is 0 Å². The summed E-state index contributed by atoms with van der Waals surface area (Å²) in [6.45, 7) is 5.02. The Morgan fingerprint density at radius 3 is 2.23 bits per heavy atom. The van der Waals surface area contributed by atoms with E-state index >= 15 is 0 Å². The Balaban J connectivity index is 2.09. The lowest BCUT2D eigenvalue weighted by molar-refractivity contribution is -0.115. The highest BCUT2D eigenvalue weighted by Gasteiger charge is 2.16. The zero-order valence-electron chi connectivity index (χ0n) is 14.5. The summed E-state index contributed by atoms with van der Waals surface area (Å²) >= 11 is 18.2. The van der Waals surface area contributed by atoms with Gasteiger partial charge in [0.25, 0.3) is 5.91 Å². The molecule has 1 N–H and O–H groups in total. The minimum absolute atomic E-state index is 0.105. The van der Waals surface area contributed by atoms with Crippen LogP contribution in [-0.4, -0.2) is 29.8 Å². The van der Waals surface area contributed by atoms with Crippen LogP contribution in [0, 0.1) is 0 Å². The number of nitrogens with one attached hydrogen (secondary N) is 1. The summed E-state index contributed by atoms with van der Waals surface area (Å²) in [6.07, 6.45) is 0.105. The summed E-state index contributed by atoms with van der Waals surface area (Å²) in [4.78, 5) is 26.3. The lowest BCUT2D eigenvalue weighted by Gasteiger charge is -2.19. The van der Waals surface area contributed by atoms with Crippen LogP contribution < -0.4 is 5.32 Å². The molecule has 0 heterocycles. The topological polar surface area (TPSA) is 49.4 Å². The van der Waals surface area contributed by atoms with E-state index in [2.05, 4.69) is 5.32 Å². The molecule has 0 atom stereocenters. The van der Waals surface area contributed by atoms with Crippen LogP contribution in [0.3, 0.4) is 0 Å². The average molecular weight is 414 g/mol. The van der Waals surface area contributed by atoms with E-state index in [1.807, 2.05) is 13.8 Å². The second kappa shape index (κ2) is 9.26. The van der Waals surface area contributed by atoms with Gasteiger partial charge in [-0.15, -0.1) is 0 Å². The highest BCUT2D eigenvalue weighted by atomic mass is 35.5. The molecule has 0 saturated carbocycles. The molecule has 2 rings (SSSR count). The van der Waals surface area contributed by atoms with Crippen molar-refractivity contribution in [2.45, 2.75) is 20.3 Å². The normalized spacial score (nSPS) is 10.5. The largest absolute Gasteiger partial charge is 0.339 e. The number of rotatable bonds is 6. The number of amides is 2. The third kappa shape index (κ3) is 5.13. The van der Waals surface area contributed by atoms with E-state index in [4.69, 9.17) is 34.8 Å². The van der Waals surface area contributed by atoms with Crippen LogP contribution in [0.15, 0.2) is 36.4 Å². The van der Waals surface area contributed by atoms with Crippen LogP contribution >= 0.6 is 34.8 Å². The van der Waals surface area contributed by atoms with Gasteiger partial charge in [-0.25, -0.2) is 0 Å². The summed E-state index contributed by atoms with van der Waals surface area (Å²) in [5.41, 5.74) is 1.60. The van der Waals surface area contributed by atoms with Crippen LogP contribution in [0.5, 0.6) is 0 Å². The Kier molecular flexibility index (Phi) is 7.33. The van der Waals surface area contributed by atoms with Crippen LogP contribution in [0.4, 0.5) is 5.69 Å². The number of nitrogens with zero attached hydrogens (tertiary/aromatic N) is 1. The Morgan fingerprint density at radius 2 is 1.65 bits per heavy atom. The summed E-state index contributed by atoms with van der Waals surface area (Å²) < 4.78 is 0. The maximum absolute atomic E-state index is 12.4. The van der Waals surface area contributed by atoms with Crippen molar-refractivity contribution in [1.82, 2.24) is 4.90 Å². The predicted octanol–water partition coefficient (Wildman–Crippen LogP) is 5.31. The van der Waals surface area contributed by atoms with Crippen LogP contribution in [0.1, 0.15) is 29.8 Å². The Morgan fingerprint density at radius 1 is 0.962 bits per heavy atom. The molecule has 0 spiro atoms. The van der Waals surface area contributed by atoms with Gasteiger partial charge in [0, 0.05) is 28.8 Å². The standard InChI is InChI=1S/C19H19Cl3N2O2/c1-3-24(4-2)19(26)15-8-7-14(11-17(15)22)23-18(25)9-12-5-6-13(20)10-16(12)21/h5-8,10-11H,3-4,9H2,1-2H3,(H,23,25). The van der Waals surface area contributed by atoms with Gasteiger partial charge in [-0.2, -0.15) is 0 Å². The molecular formula is C19H19Cl3N2O2. The van der Waals surface area contributed by atoms with Crippen molar-refractivity contribution >= 4 is 52.3 Å². The fraction of sp³-hybridized carbons (Fsp3) is 0.263. The number of halogens is 3. The molecule has 0 aliphatic carbocycles. The predicted molar refractivity (Wildman–Crippen MR) is 107 cm³/mol. The van der Waals surface area contributed by atoms with Crippen LogP contribution in [0.2, 0.25) is 15.1 Å². The summed E-state index contributed by atoms with van der Waals surface area (Å²) in [5, 5.41) is 4.00. The highest BCUT2D eigenvalue weighted by molar-refractivity contribution is 6.35. The molecule has 2 aromatic carbocycles. The third-order valence-electron chi connectivity index (χ3n) is 3.90. The third-order valence-corrected chi connectivity index (χ3v) is 4.80. The number of hydrogen-bond acceptors (Lipinski definition) is 2. The fourth-order valence-electron chi connectivity index (χ4n) is 2.49. The van der Waals surface area contributed by atoms with Crippen molar-refractivity contribution < 1.29 is 9.59 Å². The molecule has 0 unspecified atom stereocenters. The molecule has 0 radical (unpaired) electrons.